The molecule has 134 valence electrons. The van der Waals surface area contributed by atoms with E-state index in [0.29, 0.717) is 16.1 Å². The van der Waals surface area contributed by atoms with Gasteiger partial charge in [-0.2, -0.15) is 23.7 Å². The maximum absolute atomic E-state index is 12.7. The van der Waals surface area contributed by atoms with Crippen LogP contribution in [0, 0.1) is 0 Å². The summed E-state index contributed by atoms with van der Waals surface area (Å²) in [5, 5.41) is 12.6. The summed E-state index contributed by atoms with van der Waals surface area (Å²) >= 11 is 0. The van der Waals surface area contributed by atoms with E-state index in [1.807, 2.05) is 0 Å². The van der Waals surface area contributed by atoms with Crippen LogP contribution in [0.3, 0.4) is 0 Å². The highest BCUT2D eigenvalue weighted by atomic mass is 19.3. The third-order valence-electron chi connectivity index (χ3n) is 3.43. The van der Waals surface area contributed by atoms with Crippen LogP contribution in [0.5, 0.6) is 0 Å². The molecule has 26 heavy (non-hydrogen) atoms. The molecule has 0 fully saturated rings. The number of halogens is 2. The zero-order valence-electron chi connectivity index (χ0n) is 13.6. The maximum Gasteiger partial charge on any atom is 0.333 e. The molecule has 0 unspecified atom stereocenters. The lowest BCUT2D eigenvalue weighted by Gasteiger charge is -2.08. The highest BCUT2D eigenvalue weighted by molar-refractivity contribution is 6.04. The molecular formula is C16H14F2N6O2. The number of carbonyl (C=O) groups excluding carboxylic acids is 2. The second-order valence-corrected chi connectivity index (χ2v) is 5.30. The zero-order valence-corrected chi connectivity index (χ0v) is 13.6. The van der Waals surface area contributed by atoms with Gasteiger partial charge in [0.1, 0.15) is 5.69 Å². The fourth-order valence-corrected chi connectivity index (χ4v) is 2.21. The lowest BCUT2D eigenvalue weighted by Crippen LogP contribution is -2.18. The van der Waals surface area contributed by atoms with Crippen LogP contribution in [-0.2, 0) is 7.05 Å². The van der Waals surface area contributed by atoms with Gasteiger partial charge in [0.05, 0.1) is 0 Å². The van der Waals surface area contributed by atoms with Gasteiger partial charge in [0.25, 0.3) is 11.8 Å². The maximum atomic E-state index is 12.7. The van der Waals surface area contributed by atoms with Crippen molar-refractivity contribution in [1.29, 1.82) is 0 Å². The highest BCUT2D eigenvalue weighted by Gasteiger charge is 2.18. The van der Waals surface area contributed by atoms with Crippen LogP contribution in [-0.4, -0.2) is 31.4 Å². The Labute approximate surface area is 146 Å². The summed E-state index contributed by atoms with van der Waals surface area (Å²) in [6, 6.07) is 8.99. The molecule has 0 spiro atoms. The summed E-state index contributed by atoms with van der Waals surface area (Å²) in [6.07, 6.45) is 2.77. The average Bonchev–Trinajstić information content (AvgIpc) is 3.25. The Balaban J connectivity index is 1.65. The van der Waals surface area contributed by atoms with Gasteiger partial charge < -0.3 is 10.6 Å². The Bertz CT molecular complexity index is 932. The van der Waals surface area contributed by atoms with Crippen molar-refractivity contribution >= 4 is 23.2 Å². The number of carbonyl (C=O) groups is 2. The number of aromatic nitrogens is 4. The Morgan fingerprint density at radius 2 is 1.62 bits per heavy atom. The lowest BCUT2D eigenvalue weighted by atomic mass is 10.2. The molecule has 3 rings (SSSR count). The lowest BCUT2D eigenvalue weighted by molar-refractivity contribution is 0.0520. The monoisotopic (exact) mass is 360 g/mol. The van der Waals surface area contributed by atoms with E-state index >= 15 is 0 Å². The van der Waals surface area contributed by atoms with E-state index < -0.39 is 12.5 Å². The molecule has 0 aliphatic rings. The number of benzene rings is 1. The summed E-state index contributed by atoms with van der Waals surface area (Å²) in [5.74, 6) is -1.09. The third kappa shape index (κ3) is 3.74. The molecule has 0 saturated heterocycles. The smallest absolute Gasteiger partial charge is 0.321 e. The molecule has 10 heteroatoms. The van der Waals surface area contributed by atoms with E-state index in [1.54, 1.807) is 31.4 Å². The summed E-state index contributed by atoms with van der Waals surface area (Å²) in [5.41, 5.74) is 0.891. The van der Waals surface area contributed by atoms with E-state index in [1.165, 1.54) is 22.9 Å². The summed E-state index contributed by atoms with van der Waals surface area (Å²) in [6.45, 7) is -2.91. The van der Waals surface area contributed by atoms with Crippen molar-refractivity contribution in [2.24, 2.45) is 7.05 Å². The first-order valence-corrected chi connectivity index (χ1v) is 7.48. The van der Waals surface area contributed by atoms with E-state index in [2.05, 4.69) is 20.8 Å². The average molecular weight is 360 g/mol. The predicted molar refractivity (Wildman–Crippen MR) is 89.0 cm³/mol. The highest BCUT2D eigenvalue weighted by Crippen LogP contribution is 2.17. The molecule has 2 aromatic heterocycles. The Morgan fingerprint density at radius 1 is 1.00 bits per heavy atom. The van der Waals surface area contributed by atoms with Crippen molar-refractivity contribution in [1.82, 2.24) is 19.6 Å². The molecule has 3 aromatic rings. The number of aryl methyl sites for hydroxylation is 1. The number of nitrogens with one attached hydrogen (secondary N) is 2. The zero-order chi connectivity index (χ0) is 18.7. The van der Waals surface area contributed by atoms with E-state index in [9.17, 15) is 18.4 Å². The number of hydrogen-bond donors (Lipinski definition) is 2. The minimum Gasteiger partial charge on any atom is -0.321 e. The van der Waals surface area contributed by atoms with E-state index in [4.69, 9.17) is 0 Å². The summed E-state index contributed by atoms with van der Waals surface area (Å²) in [7, 11) is 1.70. The number of hydrogen-bond acceptors (Lipinski definition) is 4. The van der Waals surface area contributed by atoms with Crippen LogP contribution < -0.4 is 10.6 Å². The molecule has 0 bridgehead atoms. The van der Waals surface area contributed by atoms with Gasteiger partial charge in [-0.1, -0.05) is 0 Å². The minimum absolute atomic E-state index is 0.257. The molecule has 8 nitrogen and oxygen atoms in total. The largest absolute Gasteiger partial charge is 0.333 e. The Morgan fingerprint density at radius 3 is 2.15 bits per heavy atom. The fourth-order valence-electron chi connectivity index (χ4n) is 2.21. The van der Waals surface area contributed by atoms with Crippen LogP contribution in [0.1, 0.15) is 27.5 Å². The van der Waals surface area contributed by atoms with E-state index in [0.717, 1.165) is 6.20 Å². The van der Waals surface area contributed by atoms with Gasteiger partial charge in [-0.3, -0.25) is 14.3 Å². The van der Waals surface area contributed by atoms with Gasteiger partial charge in [0.15, 0.2) is 5.69 Å². The van der Waals surface area contributed by atoms with Crippen molar-refractivity contribution in [3.63, 3.8) is 0 Å². The first kappa shape index (κ1) is 17.3. The summed E-state index contributed by atoms with van der Waals surface area (Å²) < 4.78 is 27.3. The Hall–Kier alpha value is -3.56. The number of alkyl halides is 2. The normalized spacial score (nSPS) is 10.8. The van der Waals surface area contributed by atoms with Gasteiger partial charge in [-0.15, -0.1) is 0 Å². The molecule has 0 saturated carbocycles. The van der Waals surface area contributed by atoms with Gasteiger partial charge in [-0.25, -0.2) is 0 Å². The standard InChI is InChI=1S/C16H14F2N6O2/c1-23-9-7-12(22-23)14(25)20-10-2-4-11(5-3-10)21-15(26)13-6-8-19-24(13)16(17)18/h2-9,16H,1H3,(H,20,25)(H,21,26). The van der Waals surface area contributed by atoms with Crippen LogP contribution in [0.2, 0.25) is 0 Å². The van der Waals surface area contributed by atoms with E-state index in [-0.39, 0.29) is 17.3 Å². The Kier molecular flexibility index (Phi) is 4.74. The van der Waals surface area contributed by atoms with Crippen molar-refractivity contribution in [3.8, 4) is 0 Å². The van der Waals surface area contributed by atoms with Crippen LogP contribution in [0.15, 0.2) is 48.8 Å². The van der Waals surface area contributed by atoms with Crippen molar-refractivity contribution < 1.29 is 18.4 Å². The number of rotatable bonds is 5. The molecule has 2 amide bonds. The number of amides is 2. The van der Waals surface area contributed by atoms with Crippen LogP contribution >= 0.6 is 0 Å². The number of anilines is 2. The minimum atomic E-state index is -2.91. The van der Waals surface area contributed by atoms with Crippen LogP contribution in [0.25, 0.3) is 0 Å². The second kappa shape index (κ2) is 7.13. The first-order valence-electron chi connectivity index (χ1n) is 7.48. The van der Waals surface area contributed by atoms with Crippen molar-refractivity contribution in [2.45, 2.75) is 6.55 Å². The quantitative estimate of drug-likeness (QED) is 0.731. The molecule has 0 radical (unpaired) electrons. The van der Waals surface area contributed by atoms with Crippen LogP contribution in [0.4, 0.5) is 20.2 Å². The van der Waals surface area contributed by atoms with Gasteiger partial charge >= 0.3 is 6.55 Å². The number of nitrogens with zero attached hydrogens (tertiary/aromatic N) is 4. The van der Waals surface area contributed by atoms with Crippen molar-refractivity contribution in [3.05, 3.63) is 60.2 Å². The molecule has 2 heterocycles. The molecule has 2 N–H and O–H groups in total. The fraction of sp³-hybridized carbons (Fsp3) is 0.125. The SMILES string of the molecule is Cn1ccc(C(=O)Nc2ccc(NC(=O)c3ccnn3C(F)F)cc2)n1. The topological polar surface area (TPSA) is 93.8 Å². The molecular weight excluding hydrogens is 346 g/mol. The molecule has 1 aromatic carbocycles. The van der Waals surface area contributed by atoms with Crippen molar-refractivity contribution in [2.75, 3.05) is 10.6 Å². The third-order valence-corrected chi connectivity index (χ3v) is 3.43. The molecule has 0 aliphatic heterocycles. The van der Waals surface area contributed by atoms with Gasteiger partial charge in [0, 0.05) is 30.8 Å². The molecule has 0 aliphatic carbocycles. The predicted octanol–water partition coefficient (Wildman–Crippen LogP) is 2.52. The van der Waals surface area contributed by atoms with Gasteiger partial charge in [-0.05, 0) is 36.4 Å². The van der Waals surface area contributed by atoms with Gasteiger partial charge in [0.2, 0.25) is 0 Å². The molecule has 0 atom stereocenters. The summed E-state index contributed by atoms with van der Waals surface area (Å²) in [4.78, 5) is 24.1. The second-order valence-electron chi connectivity index (χ2n) is 5.30. The first-order chi connectivity index (χ1) is 12.4.